The fraction of sp³-hybridized carbons (Fsp3) is 0.533. The second-order valence-corrected chi connectivity index (χ2v) is 4.58. The lowest BCUT2D eigenvalue weighted by Crippen LogP contribution is -2.28. The number of hydrogen-bond acceptors (Lipinski definition) is 4. The van der Waals surface area contributed by atoms with E-state index in [0.29, 0.717) is 6.61 Å². The van der Waals surface area contributed by atoms with Crippen LogP contribution in [0.4, 0.5) is 0 Å². The Kier molecular flexibility index (Phi) is 4.93. The van der Waals surface area contributed by atoms with Crippen LogP contribution in [0.25, 0.3) is 0 Å². The van der Waals surface area contributed by atoms with Gasteiger partial charge in [-0.15, -0.1) is 0 Å². The van der Waals surface area contributed by atoms with E-state index in [0.717, 1.165) is 25.2 Å². The van der Waals surface area contributed by atoms with Gasteiger partial charge in [0.05, 0.1) is 0 Å². The Morgan fingerprint density at radius 2 is 1.95 bits per heavy atom. The zero-order chi connectivity index (χ0) is 13.7. The molecule has 0 radical (unpaired) electrons. The van der Waals surface area contributed by atoms with Crippen molar-refractivity contribution in [3.8, 4) is 0 Å². The number of nitrogens with zero attached hydrogens (tertiary/aromatic N) is 1. The number of benzene rings is 1. The van der Waals surface area contributed by atoms with Crippen LogP contribution in [0, 0.1) is 0 Å². The smallest absolute Gasteiger partial charge is 0.338 e. The Bertz CT molecular complexity index is 403. The SMILES string of the molecule is CCN(CC)CCOC(=O)[C@@H]1O[C@H]1c1ccccc1. The molecule has 2 rings (SSSR count). The van der Waals surface area contributed by atoms with Gasteiger partial charge in [-0.2, -0.15) is 0 Å². The summed E-state index contributed by atoms with van der Waals surface area (Å²) in [6.07, 6.45) is -0.541. The largest absolute Gasteiger partial charge is 0.462 e. The van der Waals surface area contributed by atoms with Gasteiger partial charge in [-0.25, -0.2) is 4.79 Å². The van der Waals surface area contributed by atoms with Crippen molar-refractivity contribution in [2.24, 2.45) is 0 Å². The molecule has 1 fully saturated rings. The molecule has 0 unspecified atom stereocenters. The average Bonchev–Trinajstić information content (AvgIpc) is 3.25. The van der Waals surface area contributed by atoms with Crippen LogP contribution in [0.5, 0.6) is 0 Å². The highest BCUT2D eigenvalue weighted by Gasteiger charge is 2.47. The van der Waals surface area contributed by atoms with Gasteiger partial charge < -0.3 is 14.4 Å². The molecular weight excluding hydrogens is 242 g/mol. The molecular formula is C15H21NO3. The lowest BCUT2D eigenvalue weighted by molar-refractivity contribution is -0.145. The summed E-state index contributed by atoms with van der Waals surface area (Å²) in [5.41, 5.74) is 1.04. The van der Waals surface area contributed by atoms with E-state index in [1.807, 2.05) is 30.3 Å². The molecule has 104 valence electrons. The van der Waals surface area contributed by atoms with Crippen molar-refractivity contribution in [2.45, 2.75) is 26.1 Å². The highest BCUT2D eigenvalue weighted by Crippen LogP contribution is 2.39. The standard InChI is InChI=1S/C15H21NO3/c1-3-16(4-2)10-11-18-15(17)14-13(19-14)12-8-6-5-7-9-12/h5-9,13-14H,3-4,10-11H2,1-2H3/t13-,14+/m0/s1. The van der Waals surface area contributed by atoms with E-state index < -0.39 is 6.10 Å². The first-order chi connectivity index (χ1) is 9.26. The topological polar surface area (TPSA) is 42.1 Å². The van der Waals surface area contributed by atoms with Crippen LogP contribution in [-0.2, 0) is 14.3 Å². The van der Waals surface area contributed by atoms with E-state index in [1.54, 1.807) is 0 Å². The fourth-order valence-corrected chi connectivity index (χ4v) is 2.09. The van der Waals surface area contributed by atoms with Crippen molar-refractivity contribution in [1.29, 1.82) is 0 Å². The van der Waals surface area contributed by atoms with Gasteiger partial charge in [-0.3, -0.25) is 0 Å². The Labute approximate surface area is 114 Å². The summed E-state index contributed by atoms with van der Waals surface area (Å²) in [4.78, 5) is 14.0. The second kappa shape index (κ2) is 6.68. The third-order valence-corrected chi connectivity index (χ3v) is 3.40. The van der Waals surface area contributed by atoms with Crippen LogP contribution < -0.4 is 0 Å². The molecule has 1 aromatic rings. The molecule has 0 aliphatic carbocycles. The Morgan fingerprint density at radius 1 is 1.26 bits per heavy atom. The van der Waals surface area contributed by atoms with Crippen molar-refractivity contribution >= 4 is 5.97 Å². The molecule has 0 saturated carbocycles. The molecule has 0 amide bonds. The molecule has 1 aliphatic rings. The van der Waals surface area contributed by atoms with Crippen LogP contribution in [0.3, 0.4) is 0 Å². The minimum absolute atomic E-state index is 0.123. The van der Waals surface area contributed by atoms with Gasteiger partial charge in [0.1, 0.15) is 12.7 Å². The van der Waals surface area contributed by atoms with Crippen LogP contribution >= 0.6 is 0 Å². The van der Waals surface area contributed by atoms with Gasteiger partial charge in [-0.05, 0) is 18.7 Å². The first-order valence-electron chi connectivity index (χ1n) is 6.85. The van der Waals surface area contributed by atoms with Gasteiger partial charge >= 0.3 is 5.97 Å². The van der Waals surface area contributed by atoms with E-state index in [-0.39, 0.29) is 12.1 Å². The highest BCUT2D eigenvalue weighted by atomic mass is 16.6. The van der Waals surface area contributed by atoms with Gasteiger partial charge in [0.15, 0.2) is 6.10 Å². The van der Waals surface area contributed by atoms with Crippen LogP contribution in [0.1, 0.15) is 25.5 Å². The number of likely N-dealkylation sites (N-methyl/N-ethyl adjacent to an activating group) is 1. The number of carbonyl (C=O) groups excluding carboxylic acids is 1. The molecule has 1 aromatic carbocycles. The fourth-order valence-electron chi connectivity index (χ4n) is 2.09. The summed E-state index contributed by atoms with van der Waals surface area (Å²) in [5.74, 6) is -0.249. The van der Waals surface area contributed by atoms with Crippen molar-refractivity contribution in [3.05, 3.63) is 35.9 Å². The summed E-state index contributed by atoms with van der Waals surface area (Å²) in [6.45, 7) is 7.35. The van der Waals surface area contributed by atoms with E-state index in [1.165, 1.54) is 0 Å². The number of epoxide rings is 1. The van der Waals surface area contributed by atoms with Crippen LogP contribution in [0.15, 0.2) is 30.3 Å². The van der Waals surface area contributed by atoms with Crippen LogP contribution in [-0.4, -0.2) is 43.2 Å². The van der Waals surface area contributed by atoms with E-state index >= 15 is 0 Å². The zero-order valence-corrected chi connectivity index (χ0v) is 11.5. The molecule has 1 heterocycles. The third kappa shape index (κ3) is 3.78. The van der Waals surface area contributed by atoms with E-state index in [2.05, 4.69) is 18.7 Å². The maximum atomic E-state index is 11.8. The number of carbonyl (C=O) groups is 1. The van der Waals surface area contributed by atoms with Gasteiger partial charge in [-0.1, -0.05) is 44.2 Å². The first-order valence-corrected chi connectivity index (χ1v) is 6.85. The molecule has 1 aliphatic heterocycles. The molecule has 0 N–H and O–H groups in total. The maximum Gasteiger partial charge on any atom is 0.338 e. The molecule has 4 heteroatoms. The van der Waals surface area contributed by atoms with Crippen molar-refractivity contribution in [1.82, 2.24) is 4.90 Å². The van der Waals surface area contributed by atoms with Crippen LogP contribution in [0.2, 0.25) is 0 Å². The molecule has 4 nitrogen and oxygen atoms in total. The number of hydrogen-bond donors (Lipinski definition) is 0. The summed E-state index contributed by atoms with van der Waals surface area (Å²) >= 11 is 0. The summed E-state index contributed by atoms with van der Waals surface area (Å²) in [5, 5.41) is 0. The predicted molar refractivity (Wildman–Crippen MR) is 72.8 cm³/mol. The van der Waals surface area contributed by atoms with Gasteiger partial charge in [0.2, 0.25) is 0 Å². The minimum atomic E-state index is -0.417. The summed E-state index contributed by atoms with van der Waals surface area (Å²) in [7, 11) is 0. The predicted octanol–water partition coefficient (Wildman–Crippen LogP) is 2.01. The quantitative estimate of drug-likeness (QED) is 0.557. The zero-order valence-electron chi connectivity index (χ0n) is 11.5. The molecule has 0 aromatic heterocycles. The summed E-state index contributed by atoms with van der Waals surface area (Å²) in [6, 6.07) is 9.77. The molecule has 0 spiro atoms. The second-order valence-electron chi connectivity index (χ2n) is 4.58. The number of esters is 1. The molecule has 19 heavy (non-hydrogen) atoms. The highest BCUT2D eigenvalue weighted by molar-refractivity contribution is 5.78. The Balaban J connectivity index is 1.71. The molecule has 1 saturated heterocycles. The average molecular weight is 263 g/mol. The summed E-state index contributed by atoms with van der Waals surface area (Å²) < 4.78 is 10.6. The monoisotopic (exact) mass is 263 g/mol. The Hall–Kier alpha value is -1.39. The number of ether oxygens (including phenoxy) is 2. The molecule has 0 bridgehead atoms. The third-order valence-electron chi connectivity index (χ3n) is 3.40. The Morgan fingerprint density at radius 3 is 2.58 bits per heavy atom. The van der Waals surface area contributed by atoms with Gasteiger partial charge in [0.25, 0.3) is 0 Å². The maximum absolute atomic E-state index is 11.8. The first kappa shape index (κ1) is 14.0. The lowest BCUT2D eigenvalue weighted by atomic mass is 10.1. The number of rotatable bonds is 7. The molecule has 2 atom stereocenters. The normalized spacial score (nSPS) is 21.4. The lowest BCUT2D eigenvalue weighted by Gasteiger charge is -2.17. The van der Waals surface area contributed by atoms with Crippen molar-refractivity contribution in [2.75, 3.05) is 26.2 Å². The van der Waals surface area contributed by atoms with Crippen molar-refractivity contribution < 1.29 is 14.3 Å². The van der Waals surface area contributed by atoms with Gasteiger partial charge in [0, 0.05) is 6.54 Å². The van der Waals surface area contributed by atoms with E-state index in [4.69, 9.17) is 9.47 Å². The van der Waals surface area contributed by atoms with Crippen molar-refractivity contribution in [3.63, 3.8) is 0 Å². The minimum Gasteiger partial charge on any atom is -0.462 e. The van der Waals surface area contributed by atoms with E-state index in [9.17, 15) is 4.79 Å².